The number of ether oxygens (including phenoxy) is 1. The molecule has 1 aromatic carbocycles. The van der Waals surface area contributed by atoms with Gasteiger partial charge in [-0.1, -0.05) is 28.1 Å². The van der Waals surface area contributed by atoms with Gasteiger partial charge in [-0.15, -0.1) is 0 Å². The molecule has 0 aromatic heterocycles. The highest BCUT2D eigenvalue weighted by atomic mass is 79.9. The summed E-state index contributed by atoms with van der Waals surface area (Å²) in [5.74, 6) is 0.371. The van der Waals surface area contributed by atoms with Gasteiger partial charge in [0.25, 0.3) is 0 Å². The van der Waals surface area contributed by atoms with Gasteiger partial charge in [0.2, 0.25) is 0 Å². The van der Waals surface area contributed by atoms with Crippen LogP contribution in [0.3, 0.4) is 0 Å². The fraction of sp³-hybridized carbons (Fsp3) is 0.462. The van der Waals surface area contributed by atoms with Crippen molar-refractivity contribution in [1.82, 2.24) is 4.90 Å². The molecule has 2 rings (SSSR count). The summed E-state index contributed by atoms with van der Waals surface area (Å²) >= 11 is 3.42. The van der Waals surface area contributed by atoms with E-state index in [1.165, 1.54) is 12.7 Å². The van der Waals surface area contributed by atoms with E-state index in [0.29, 0.717) is 12.3 Å². The first-order chi connectivity index (χ1) is 8.17. The Labute approximate surface area is 110 Å². The molecule has 0 radical (unpaired) electrons. The van der Waals surface area contributed by atoms with Crippen LogP contribution in [0.25, 0.3) is 0 Å². The Morgan fingerprint density at radius 1 is 1.41 bits per heavy atom. The van der Waals surface area contributed by atoms with Crippen molar-refractivity contribution in [3.05, 3.63) is 34.3 Å². The largest absolute Gasteiger partial charge is 0.469 e. The Balaban J connectivity index is 1.73. The van der Waals surface area contributed by atoms with Crippen LogP contribution in [-0.2, 0) is 16.1 Å². The average Bonchev–Trinajstić information content (AvgIpc) is 2.28. The van der Waals surface area contributed by atoms with Crippen LogP contribution in [0, 0.1) is 5.92 Å². The van der Waals surface area contributed by atoms with Crippen LogP contribution in [-0.4, -0.2) is 31.1 Å². The van der Waals surface area contributed by atoms with Crippen LogP contribution in [0.4, 0.5) is 0 Å². The van der Waals surface area contributed by atoms with Gasteiger partial charge in [0.15, 0.2) is 0 Å². The Bertz CT molecular complexity index is 385. The molecule has 4 heteroatoms. The van der Waals surface area contributed by atoms with Crippen LogP contribution in [0.1, 0.15) is 12.0 Å². The van der Waals surface area contributed by atoms with E-state index in [0.717, 1.165) is 24.1 Å². The normalized spacial score (nSPS) is 16.6. The van der Waals surface area contributed by atoms with E-state index in [9.17, 15) is 4.79 Å². The zero-order valence-electron chi connectivity index (χ0n) is 9.86. The number of rotatable bonds is 4. The molecule has 1 heterocycles. The van der Waals surface area contributed by atoms with E-state index in [1.54, 1.807) is 0 Å². The van der Waals surface area contributed by atoms with Gasteiger partial charge in [0, 0.05) is 24.1 Å². The minimum absolute atomic E-state index is 0.0988. The zero-order valence-corrected chi connectivity index (χ0v) is 11.4. The van der Waals surface area contributed by atoms with Gasteiger partial charge in [-0.2, -0.15) is 0 Å². The molecule has 0 bridgehead atoms. The molecule has 0 atom stereocenters. The minimum atomic E-state index is -0.0988. The average molecular weight is 298 g/mol. The summed E-state index contributed by atoms with van der Waals surface area (Å²) in [7, 11) is 1.45. The highest BCUT2D eigenvalue weighted by Crippen LogP contribution is 2.22. The SMILES string of the molecule is COC(=O)CC1CN(Cc2ccc(Br)cc2)C1. The summed E-state index contributed by atoms with van der Waals surface area (Å²) in [5.41, 5.74) is 1.31. The maximum absolute atomic E-state index is 11.1. The van der Waals surface area contributed by atoms with Crippen LogP contribution < -0.4 is 0 Å². The van der Waals surface area contributed by atoms with E-state index in [1.807, 2.05) is 0 Å². The maximum Gasteiger partial charge on any atom is 0.305 e. The number of methoxy groups -OCH3 is 1. The lowest BCUT2D eigenvalue weighted by atomic mass is 9.96. The number of likely N-dealkylation sites (tertiary alicyclic amines) is 1. The molecule has 1 fully saturated rings. The Morgan fingerprint density at radius 2 is 2.06 bits per heavy atom. The monoisotopic (exact) mass is 297 g/mol. The van der Waals surface area contributed by atoms with Crippen LogP contribution in [0.5, 0.6) is 0 Å². The van der Waals surface area contributed by atoms with Crippen molar-refractivity contribution < 1.29 is 9.53 Å². The number of hydrogen-bond acceptors (Lipinski definition) is 3. The highest BCUT2D eigenvalue weighted by Gasteiger charge is 2.28. The van der Waals surface area contributed by atoms with E-state index >= 15 is 0 Å². The Morgan fingerprint density at radius 3 is 2.65 bits per heavy atom. The zero-order chi connectivity index (χ0) is 12.3. The summed E-state index contributed by atoms with van der Waals surface area (Å²) in [6.45, 7) is 2.95. The minimum Gasteiger partial charge on any atom is -0.469 e. The third-order valence-corrected chi connectivity index (χ3v) is 3.56. The predicted molar refractivity (Wildman–Crippen MR) is 69.5 cm³/mol. The van der Waals surface area contributed by atoms with Crippen molar-refractivity contribution in [2.45, 2.75) is 13.0 Å². The summed E-state index contributed by atoms with van der Waals surface area (Å²) in [6, 6.07) is 8.36. The van der Waals surface area contributed by atoms with Gasteiger partial charge in [0.05, 0.1) is 13.5 Å². The fourth-order valence-electron chi connectivity index (χ4n) is 2.10. The van der Waals surface area contributed by atoms with E-state index in [-0.39, 0.29) is 5.97 Å². The second-order valence-electron chi connectivity index (χ2n) is 4.47. The second kappa shape index (κ2) is 5.65. The van der Waals surface area contributed by atoms with Gasteiger partial charge in [-0.3, -0.25) is 9.69 Å². The third-order valence-electron chi connectivity index (χ3n) is 3.04. The van der Waals surface area contributed by atoms with Crippen LogP contribution in [0.2, 0.25) is 0 Å². The summed E-state index contributed by atoms with van der Waals surface area (Å²) in [5, 5.41) is 0. The topological polar surface area (TPSA) is 29.5 Å². The van der Waals surface area contributed by atoms with Crippen molar-refractivity contribution >= 4 is 21.9 Å². The Hall–Kier alpha value is -0.870. The lowest BCUT2D eigenvalue weighted by Gasteiger charge is -2.38. The van der Waals surface area contributed by atoms with Crippen molar-refractivity contribution in [1.29, 1.82) is 0 Å². The molecule has 1 aliphatic heterocycles. The molecule has 3 nitrogen and oxygen atoms in total. The van der Waals surface area contributed by atoms with Gasteiger partial charge in [0.1, 0.15) is 0 Å². The number of nitrogens with zero attached hydrogens (tertiary/aromatic N) is 1. The van der Waals surface area contributed by atoms with E-state index < -0.39 is 0 Å². The molecule has 0 saturated carbocycles. The summed E-state index contributed by atoms with van der Waals surface area (Å²) < 4.78 is 5.77. The van der Waals surface area contributed by atoms with Gasteiger partial charge < -0.3 is 4.74 Å². The van der Waals surface area contributed by atoms with Gasteiger partial charge >= 0.3 is 5.97 Å². The number of halogens is 1. The van der Waals surface area contributed by atoms with Gasteiger partial charge in [-0.25, -0.2) is 0 Å². The van der Waals surface area contributed by atoms with Gasteiger partial charge in [-0.05, 0) is 23.6 Å². The first kappa shape index (κ1) is 12.6. The number of benzene rings is 1. The predicted octanol–water partition coefficient (Wildman–Crippen LogP) is 2.44. The lowest BCUT2D eigenvalue weighted by Crippen LogP contribution is -2.46. The molecular formula is C13H16BrNO2. The molecule has 1 saturated heterocycles. The molecule has 0 N–H and O–H groups in total. The summed E-state index contributed by atoms with van der Waals surface area (Å²) in [4.78, 5) is 13.4. The smallest absolute Gasteiger partial charge is 0.305 e. The molecule has 1 aromatic rings. The fourth-order valence-corrected chi connectivity index (χ4v) is 2.37. The highest BCUT2D eigenvalue weighted by molar-refractivity contribution is 9.10. The standard InChI is InChI=1S/C13H16BrNO2/c1-17-13(16)6-11-8-15(9-11)7-10-2-4-12(14)5-3-10/h2-5,11H,6-9H2,1H3. The number of hydrogen-bond donors (Lipinski definition) is 0. The van der Waals surface area contributed by atoms with Crippen LogP contribution in [0.15, 0.2) is 28.7 Å². The molecule has 0 spiro atoms. The maximum atomic E-state index is 11.1. The van der Waals surface area contributed by atoms with Crippen molar-refractivity contribution in [3.8, 4) is 0 Å². The molecule has 0 unspecified atom stereocenters. The lowest BCUT2D eigenvalue weighted by molar-refractivity contribution is -0.143. The molecule has 17 heavy (non-hydrogen) atoms. The van der Waals surface area contributed by atoms with Crippen molar-refractivity contribution in [2.24, 2.45) is 5.92 Å². The first-order valence-electron chi connectivity index (χ1n) is 5.71. The van der Waals surface area contributed by atoms with E-state index in [2.05, 4.69) is 49.8 Å². The first-order valence-corrected chi connectivity index (χ1v) is 6.50. The molecule has 1 aliphatic rings. The summed E-state index contributed by atoms with van der Waals surface area (Å²) in [6.07, 6.45) is 0.549. The van der Waals surface area contributed by atoms with Crippen molar-refractivity contribution in [2.75, 3.05) is 20.2 Å². The second-order valence-corrected chi connectivity index (χ2v) is 5.38. The quantitative estimate of drug-likeness (QED) is 0.800. The van der Waals surface area contributed by atoms with Crippen molar-refractivity contribution in [3.63, 3.8) is 0 Å². The molecule has 0 amide bonds. The van der Waals surface area contributed by atoms with E-state index in [4.69, 9.17) is 0 Å². The molecule has 92 valence electrons. The third kappa shape index (κ3) is 3.54. The molecular weight excluding hydrogens is 282 g/mol. The number of esters is 1. The number of carbonyl (C=O) groups is 1. The Kier molecular flexibility index (Phi) is 4.18. The molecule has 0 aliphatic carbocycles. The van der Waals surface area contributed by atoms with Crippen LogP contribution >= 0.6 is 15.9 Å². The number of carbonyl (C=O) groups excluding carboxylic acids is 1.